The lowest BCUT2D eigenvalue weighted by Gasteiger charge is -2.12. The first-order valence-corrected chi connectivity index (χ1v) is 9.45. The van der Waals surface area contributed by atoms with Gasteiger partial charge < -0.3 is 15.0 Å². The molecule has 28 heavy (non-hydrogen) atoms. The summed E-state index contributed by atoms with van der Waals surface area (Å²) in [7, 11) is 1.61. The highest BCUT2D eigenvalue weighted by molar-refractivity contribution is 5.92. The van der Waals surface area contributed by atoms with Gasteiger partial charge in [0.05, 0.1) is 13.3 Å². The molecule has 0 saturated carbocycles. The van der Waals surface area contributed by atoms with Crippen LogP contribution in [0.25, 0.3) is 6.08 Å². The van der Waals surface area contributed by atoms with Gasteiger partial charge in [-0.2, -0.15) is 0 Å². The maximum Gasteiger partial charge on any atom is 0.276 e. The van der Waals surface area contributed by atoms with Crippen LogP contribution in [0.3, 0.4) is 0 Å². The molecule has 1 aliphatic heterocycles. The number of amides is 2. The topological polar surface area (TPSA) is 89.4 Å². The minimum Gasteiger partial charge on any atom is -0.497 e. The van der Waals surface area contributed by atoms with Crippen LogP contribution in [0.2, 0.25) is 0 Å². The standard InChI is InChI=1S/C20H25N5O3/c1-28-17-8-5-16(6-9-17)7-10-19(26)21-11-4-14-25-15-18(22-23-25)20(27)24-12-2-3-13-24/h5-10,15H,2-4,11-14H2,1H3,(H,21,26)/b10-7+. The first kappa shape index (κ1) is 19.6. The molecule has 1 saturated heterocycles. The fourth-order valence-electron chi connectivity index (χ4n) is 2.99. The SMILES string of the molecule is COc1ccc(/C=C/C(=O)NCCCn2cc(C(=O)N3CCCC3)nn2)cc1. The molecule has 0 radical (unpaired) electrons. The Balaban J connectivity index is 1.37. The number of hydrogen-bond acceptors (Lipinski definition) is 5. The third kappa shape index (κ3) is 5.42. The molecule has 2 amide bonds. The van der Waals surface area contributed by atoms with E-state index in [1.807, 2.05) is 29.2 Å². The molecule has 0 unspecified atom stereocenters. The van der Waals surface area contributed by atoms with Crippen molar-refractivity contribution >= 4 is 17.9 Å². The van der Waals surface area contributed by atoms with E-state index in [4.69, 9.17) is 4.74 Å². The number of carbonyl (C=O) groups is 2. The summed E-state index contributed by atoms with van der Waals surface area (Å²) in [5.41, 5.74) is 1.31. The molecule has 0 bridgehead atoms. The summed E-state index contributed by atoms with van der Waals surface area (Å²) in [4.78, 5) is 25.9. The number of aromatic nitrogens is 3. The van der Waals surface area contributed by atoms with Gasteiger partial charge in [0, 0.05) is 32.3 Å². The van der Waals surface area contributed by atoms with E-state index in [1.165, 1.54) is 6.08 Å². The van der Waals surface area contributed by atoms with E-state index < -0.39 is 0 Å². The van der Waals surface area contributed by atoms with Crippen LogP contribution in [0.5, 0.6) is 5.75 Å². The second-order valence-electron chi connectivity index (χ2n) is 6.62. The Bertz CT molecular complexity index is 823. The minimum absolute atomic E-state index is 0.0549. The molecule has 3 rings (SSSR count). The molecule has 148 valence electrons. The zero-order valence-electron chi connectivity index (χ0n) is 16.0. The third-order valence-corrected chi connectivity index (χ3v) is 4.56. The van der Waals surface area contributed by atoms with E-state index in [0.29, 0.717) is 25.2 Å². The summed E-state index contributed by atoms with van der Waals surface area (Å²) in [5, 5.41) is 10.8. The van der Waals surface area contributed by atoms with Gasteiger partial charge in [0.1, 0.15) is 5.75 Å². The molecule has 1 fully saturated rings. The predicted molar refractivity (Wildman–Crippen MR) is 105 cm³/mol. The zero-order valence-corrected chi connectivity index (χ0v) is 16.0. The highest BCUT2D eigenvalue weighted by Crippen LogP contribution is 2.12. The van der Waals surface area contributed by atoms with E-state index in [2.05, 4.69) is 15.6 Å². The molecule has 1 aromatic carbocycles. The molecule has 8 heteroatoms. The largest absolute Gasteiger partial charge is 0.497 e. The van der Waals surface area contributed by atoms with Gasteiger partial charge in [0.25, 0.3) is 5.91 Å². The van der Waals surface area contributed by atoms with Crippen LogP contribution in [-0.2, 0) is 11.3 Å². The van der Waals surface area contributed by atoms with Crippen LogP contribution < -0.4 is 10.1 Å². The average Bonchev–Trinajstić information content (AvgIpc) is 3.42. The van der Waals surface area contributed by atoms with Crippen molar-refractivity contribution in [2.24, 2.45) is 0 Å². The fourth-order valence-corrected chi connectivity index (χ4v) is 2.99. The number of aryl methyl sites for hydroxylation is 1. The van der Waals surface area contributed by atoms with Gasteiger partial charge in [0.2, 0.25) is 5.91 Å². The summed E-state index contributed by atoms with van der Waals surface area (Å²) < 4.78 is 6.74. The van der Waals surface area contributed by atoms with Crippen LogP contribution >= 0.6 is 0 Å². The number of likely N-dealkylation sites (tertiary alicyclic amines) is 1. The van der Waals surface area contributed by atoms with Crippen LogP contribution in [-0.4, -0.2) is 58.5 Å². The molecule has 0 spiro atoms. The van der Waals surface area contributed by atoms with Gasteiger partial charge in [-0.25, -0.2) is 0 Å². The number of methoxy groups -OCH3 is 1. The monoisotopic (exact) mass is 383 g/mol. The maximum atomic E-state index is 12.2. The Hall–Kier alpha value is -3.16. The normalized spacial score (nSPS) is 13.8. The second kappa shape index (κ2) is 9.68. The summed E-state index contributed by atoms with van der Waals surface area (Å²) in [6, 6.07) is 7.46. The molecule has 0 aliphatic carbocycles. The quantitative estimate of drug-likeness (QED) is 0.554. The van der Waals surface area contributed by atoms with Crippen LogP contribution in [0.1, 0.15) is 35.3 Å². The Morgan fingerprint density at radius 1 is 1.21 bits per heavy atom. The lowest BCUT2D eigenvalue weighted by molar-refractivity contribution is -0.116. The lowest BCUT2D eigenvalue weighted by atomic mass is 10.2. The van der Waals surface area contributed by atoms with E-state index in [-0.39, 0.29) is 11.8 Å². The summed E-state index contributed by atoms with van der Waals surface area (Å²) in [5.74, 6) is 0.569. The minimum atomic E-state index is -0.153. The number of nitrogens with zero attached hydrogens (tertiary/aromatic N) is 4. The second-order valence-corrected chi connectivity index (χ2v) is 6.62. The highest BCUT2D eigenvalue weighted by Gasteiger charge is 2.21. The van der Waals surface area contributed by atoms with Crippen molar-refractivity contribution in [2.75, 3.05) is 26.7 Å². The van der Waals surface area contributed by atoms with Gasteiger partial charge in [-0.1, -0.05) is 17.3 Å². The molecule has 1 aliphatic rings. The summed E-state index contributed by atoms with van der Waals surface area (Å²) in [6.07, 6.45) is 7.72. The van der Waals surface area contributed by atoms with Crippen molar-refractivity contribution in [3.63, 3.8) is 0 Å². The molecule has 2 aromatic rings. The van der Waals surface area contributed by atoms with Gasteiger partial charge >= 0.3 is 0 Å². The number of hydrogen-bond donors (Lipinski definition) is 1. The molecule has 8 nitrogen and oxygen atoms in total. The van der Waals surface area contributed by atoms with Gasteiger partial charge in [-0.3, -0.25) is 14.3 Å². The van der Waals surface area contributed by atoms with Crippen molar-refractivity contribution in [3.05, 3.63) is 47.8 Å². The maximum absolute atomic E-state index is 12.2. The average molecular weight is 383 g/mol. The Kier molecular flexibility index (Phi) is 6.78. The number of rotatable bonds is 8. The molecule has 0 atom stereocenters. The first-order chi connectivity index (χ1) is 13.7. The molecule has 1 N–H and O–H groups in total. The highest BCUT2D eigenvalue weighted by atomic mass is 16.5. The Morgan fingerprint density at radius 2 is 1.96 bits per heavy atom. The van der Waals surface area contributed by atoms with Crippen molar-refractivity contribution < 1.29 is 14.3 Å². The molecular formula is C20H25N5O3. The zero-order chi connectivity index (χ0) is 19.8. The summed E-state index contributed by atoms with van der Waals surface area (Å²) >= 11 is 0. The smallest absolute Gasteiger partial charge is 0.276 e. The van der Waals surface area contributed by atoms with Crippen molar-refractivity contribution in [1.29, 1.82) is 0 Å². The van der Waals surface area contributed by atoms with Crippen molar-refractivity contribution in [1.82, 2.24) is 25.2 Å². The van der Waals surface area contributed by atoms with Gasteiger partial charge in [-0.05, 0) is 43.0 Å². The van der Waals surface area contributed by atoms with E-state index in [9.17, 15) is 9.59 Å². The predicted octanol–water partition coefficient (Wildman–Crippen LogP) is 1.74. The van der Waals surface area contributed by atoms with Gasteiger partial charge in [-0.15, -0.1) is 5.10 Å². The number of carbonyl (C=O) groups excluding carboxylic acids is 2. The van der Waals surface area contributed by atoms with Crippen LogP contribution in [0, 0.1) is 0 Å². The summed E-state index contributed by atoms with van der Waals surface area (Å²) in [6.45, 7) is 2.69. The number of ether oxygens (including phenoxy) is 1. The molecule has 1 aromatic heterocycles. The Labute approximate surface area is 164 Å². The third-order valence-electron chi connectivity index (χ3n) is 4.56. The first-order valence-electron chi connectivity index (χ1n) is 9.45. The van der Waals surface area contributed by atoms with E-state index in [1.54, 1.807) is 24.1 Å². The van der Waals surface area contributed by atoms with Crippen molar-refractivity contribution in [3.8, 4) is 5.75 Å². The lowest BCUT2D eigenvalue weighted by Crippen LogP contribution is -2.27. The number of nitrogens with one attached hydrogen (secondary N) is 1. The Morgan fingerprint density at radius 3 is 2.68 bits per heavy atom. The number of benzene rings is 1. The van der Waals surface area contributed by atoms with Crippen LogP contribution in [0.15, 0.2) is 36.5 Å². The molecular weight excluding hydrogens is 358 g/mol. The van der Waals surface area contributed by atoms with E-state index in [0.717, 1.165) is 37.2 Å². The van der Waals surface area contributed by atoms with E-state index >= 15 is 0 Å². The molecule has 2 heterocycles. The van der Waals surface area contributed by atoms with Crippen LogP contribution in [0.4, 0.5) is 0 Å². The fraction of sp³-hybridized carbons (Fsp3) is 0.400. The van der Waals surface area contributed by atoms with Crippen molar-refractivity contribution in [2.45, 2.75) is 25.8 Å². The van der Waals surface area contributed by atoms with Gasteiger partial charge in [0.15, 0.2) is 5.69 Å².